The number of hydrogen-bond acceptors (Lipinski definition) is 6. The van der Waals surface area contributed by atoms with Crippen LogP contribution in [0.25, 0.3) is 11.1 Å². The Bertz CT molecular complexity index is 1410. The molecule has 1 heterocycles. The Labute approximate surface area is 234 Å². The van der Waals surface area contributed by atoms with Crippen LogP contribution in [0, 0.1) is 0 Å². The number of benzene rings is 3. The molecule has 3 aromatic carbocycles. The highest BCUT2D eigenvalue weighted by Crippen LogP contribution is 2.27. The van der Waals surface area contributed by atoms with E-state index in [0.29, 0.717) is 16.1 Å². The van der Waals surface area contributed by atoms with Crippen molar-refractivity contribution >= 4 is 23.4 Å². The molecule has 0 aliphatic carbocycles. The van der Waals surface area contributed by atoms with E-state index in [-0.39, 0.29) is 17.5 Å². The van der Waals surface area contributed by atoms with Crippen molar-refractivity contribution < 1.29 is 40.6 Å². The summed E-state index contributed by atoms with van der Waals surface area (Å²) in [7, 11) is 0. The van der Waals surface area contributed by atoms with Crippen molar-refractivity contribution in [3.8, 4) is 22.9 Å². The molecule has 4 aromatic rings. The normalized spacial score (nSPS) is 11.7. The van der Waals surface area contributed by atoms with E-state index in [0.717, 1.165) is 17.2 Å². The van der Waals surface area contributed by atoms with Crippen molar-refractivity contribution in [3.05, 3.63) is 96.3 Å². The van der Waals surface area contributed by atoms with E-state index < -0.39 is 37.3 Å². The lowest BCUT2D eigenvalue weighted by Gasteiger charge is -2.13. The van der Waals surface area contributed by atoms with Gasteiger partial charge in [0.25, 0.3) is 5.91 Å². The summed E-state index contributed by atoms with van der Waals surface area (Å²) in [4.78, 5) is 21.0. The van der Waals surface area contributed by atoms with Crippen molar-refractivity contribution in [2.24, 2.45) is 0 Å². The smallest absolute Gasteiger partial charge is 0.422 e. The van der Waals surface area contributed by atoms with Gasteiger partial charge in [-0.2, -0.15) is 36.3 Å². The number of amides is 1. The third kappa shape index (κ3) is 9.71. The minimum atomic E-state index is -4.67. The van der Waals surface area contributed by atoms with E-state index in [2.05, 4.69) is 24.8 Å². The van der Waals surface area contributed by atoms with Crippen molar-refractivity contribution in [2.45, 2.75) is 23.0 Å². The Morgan fingerprint density at radius 2 is 1.27 bits per heavy atom. The van der Waals surface area contributed by atoms with Gasteiger partial charge in [-0.3, -0.25) is 4.79 Å². The highest BCUT2D eigenvalue weighted by Gasteiger charge is 2.30. The average Bonchev–Trinajstić information content (AvgIpc) is 2.94. The quantitative estimate of drug-likeness (QED) is 0.151. The molecule has 0 spiro atoms. The molecule has 1 aromatic heterocycles. The van der Waals surface area contributed by atoms with E-state index in [9.17, 15) is 31.1 Å². The standard InChI is InChI=1S/C28H21F6N3O3S/c29-27(30,31)16-39-24-14-25(40-17-28(32,33)34)37-23(36-24)15-41-22-12-10-21(11-13-22)35-26(38)20-8-6-19(7-9-20)18-4-2-1-3-5-18/h1-14H,15-17H2,(H,35,38). The van der Waals surface area contributed by atoms with E-state index in [1.807, 2.05) is 42.5 Å². The number of thioether (sulfide) groups is 1. The predicted octanol–water partition coefficient (Wildman–Crippen LogP) is 7.57. The van der Waals surface area contributed by atoms with E-state index >= 15 is 0 Å². The number of ether oxygens (including phenoxy) is 2. The fourth-order valence-electron chi connectivity index (χ4n) is 3.40. The molecule has 214 valence electrons. The summed E-state index contributed by atoms with van der Waals surface area (Å²) in [6.45, 7) is -3.36. The lowest BCUT2D eigenvalue weighted by Crippen LogP contribution is -2.21. The minimum absolute atomic E-state index is 0.00886. The maximum atomic E-state index is 12.7. The first kappa shape index (κ1) is 29.7. The van der Waals surface area contributed by atoms with Crippen LogP contribution in [0.5, 0.6) is 11.8 Å². The highest BCUT2D eigenvalue weighted by molar-refractivity contribution is 7.98. The first-order valence-corrected chi connectivity index (χ1v) is 12.9. The van der Waals surface area contributed by atoms with Crippen LogP contribution in [-0.2, 0) is 5.75 Å². The monoisotopic (exact) mass is 593 g/mol. The van der Waals surface area contributed by atoms with Gasteiger partial charge in [-0.15, -0.1) is 11.8 Å². The summed E-state index contributed by atoms with van der Waals surface area (Å²) in [6.07, 6.45) is -9.34. The molecule has 0 bridgehead atoms. The number of halogens is 6. The van der Waals surface area contributed by atoms with Crippen LogP contribution in [0.4, 0.5) is 32.0 Å². The summed E-state index contributed by atoms with van der Waals surface area (Å²) >= 11 is 1.17. The van der Waals surface area contributed by atoms with Crippen molar-refractivity contribution in [1.29, 1.82) is 0 Å². The van der Waals surface area contributed by atoms with Crippen LogP contribution in [0.15, 0.2) is 89.8 Å². The largest absolute Gasteiger partial charge is 0.468 e. The molecule has 0 saturated carbocycles. The van der Waals surface area contributed by atoms with E-state index in [1.165, 1.54) is 11.8 Å². The zero-order valence-electron chi connectivity index (χ0n) is 21.0. The van der Waals surface area contributed by atoms with Gasteiger partial charge in [0, 0.05) is 16.1 Å². The van der Waals surface area contributed by atoms with Gasteiger partial charge in [-0.25, -0.2) is 0 Å². The maximum absolute atomic E-state index is 12.7. The molecule has 0 unspecified atom stereocenters. The second kappa shape index (κ2) is 12.9. The van der Waals surface area contributed by atoms with Gasteiger partial charge >= 0.3 is 12.4 Å². The summed E-state index contributed by atoms with van der Waals surface area (Å²) in [5, 5.41) is 2.80. The first-order chi connectivity index (χ1) is 19.4. The highest BCUT2D eigenvalue weighted by atomic mass is 32.2. The molecule has 1 N–H and O–H groups in total. The third-order valence-corrected chi connectivity index (χ3v) is 6.24. The predicted molar refractivity (Wildman–Crippen MR) is 141 cm³/mol. The molecule has 0 fully saturated rings. The summed E-state index contributed by atoms with van der Waals surface area (Å²) in [6, 6.07) is 24.3. The lowest BCUT2D eigenvalue weighted by atomic mass is 10.0. The number of nitrogens with zero attached hydrogens (tertiary/aromatic N) is 2. The van der Waals surface area contributed by atoms with Crippen molar-refractivity contribution in [2.75, 3.05) is 18.5 Å². The number of rotatable bonds is 10. The van der Waals surface area contributed by atoms with Crippen LogP contribution in [-0.4, -0.2) is 41.4 Å². The zero-order valence-corrected chi connectivity index (χ0v) is 21.8. The molecule has 4 rings (SSSR count). The molecule has 0 radical (unpaired) electrons. The Hall–Kier alpha value is -4.26. The fraction of sp³-hybridized carbons (Fsp3) is 0.179. The van der Waals surface area contributed by atoms with Gasteiger partial charge in [0.2, 0.25) is 11.8 Å². The number of hydrogen-bond donors (Lipinski definition) is 1. The second-order valence-corrected chi connectivity index (χ2v) is 9.53. The van der Waals surface area contributed by atoms with E-state index in [4.69, 9.17) is 0 Å². The SMILES string of the molecule is O=C(Nc1ccc(SCc2nc(OCC(F)(F)F)cc(OCC(F)(F)F)n2)cc1)c1ccc(-c2ccccc2)cc1. The topological polar surface area (TPSA) is 73.3 Å². The van der Waals surface area contributed by atoms with Gasteiger partial charge in [-0.05, 0) is 47.5 Å². The molecule has 41 heavy (non-hydrogen) atoms. The second-order valence-electron chi connectivity index (χ2n) is 8.48. The van der Waals surface area contributed by atoms with Crippen molar-refractivity contribution in [3.63, 3.8) is 0 Å². The summed E-state index contributed by atoms with van der Waals surface area (Å²) < 4.78 is 84.3. The Morgan fingerprint density at radius 1 is 0.732 bits per heavy atom. The van der Waals surface area contributed by atoms with Gasteiger partial charge in [0.05, 0.1) is 11.8 Å². The number of alkyl halides is 6. The average molecular weight is 594 g/mol. The molecule has 0 aliphatic heterocycles. The van der Waals surface area contributed by atoms with Crippen LogP contribution >= 0.6 is 11.8 Å². The van der Waals surface area contributed by atoms with E-state index in [1.54, 1.807) is 36.4 Å². The molecule has 13 heteroatoms. The van der Waals surface area contributed by atoms with Gasteiger partial charge in [0.1, 0.15) is 5.82 Å². The summed E-state index contributed by atoms with van der Waals surface area (Å²) in [5.74, 6) is -1.55. The van der Waals surface area contributed by atoms with Gasteiger partial charge < -0.3 is 14.8 Å². The number of carbonyl (C=O) groups excluding carboxylic acids is 1. The maximum Gasteiger partial charge on any atom is 0.422 e. The molecule has 0 atom stereocenters. The fourth-order valence-corrected chi connectivity index (χ4v) is 4.16. The van der Waals surface area contributed by atoms with Gasteiger partial charge in [-0.1, -0.05) is 42.5 Å². The van der Waals surface area contributed by atoms with Crippen LogP contribution in [0.1, 0.15) is 16.2 Å². The third-order valence-electron chi connectivity index (χ3n) is 5.23. The number of nitrogens with one attached hydrogen (secondary N) is 1. The molecular formula is C28H21F6N3O3S. The number of carbonyl (C=O) groups is 1. The van der Waals surface area contributed by atoms with Crippen LogP contribution < -0.4 is 14.8 Å². The molecule has 0 aliphatic rings. The first-order valence-electron chi connectivity index (χ1n) is 11.9. The molecule has 1 amide bonds. The van der Waals surface area contributed by atoms with Crippen LogP contribution in [0.2, 0.25) is 0 Å². The molecule has 6 nitrogen and oxygen atoms in total. The van der Waals surface area contributed by atoms with Crippen molar-refractivity contribution in [1.82, 2.24) is 9.97 Å². The number of aromatic nitrogens is 2. The number of anilines is 1. The minimum Gasteiger partial charge on any atom is -0.468 e. The summed E-state index contributed by atoms with van der Waals surface area (Å²) in [5.41, 5.74) is 3.00. The molecule has 0 saturated heterocycles. The Kier molecular flexibility index (Phi) is 9.38. The Morgan fingerprint density at radius 3 is 1.80 bits per heavy atom. The zero-order chi connectivity index (χ0) is 29.5. The van der Waals surface area contributed by atoms with Gasteiger partial charge in [0.15, 0.2) is 13.2 Å². The molecular weight excluding hydrogens is 572 g/mol. The Balaban J connectivity index is 1.36. The lowest BCUT2D eigenvalue weighted by molar-refractivity contribution is -0.154. The van der Waals surface area contributed by atoms with Crippen LogP contribution in [0.3, 0.4) is 0 Å².